The summed E-state index contributed by atoms with van der Waals surface area (Å²) >= 11 is 0. The molecule has 16 heavy (non-hydrogen) atoms. The molecule has 1 rings (SSSR count). The van der Waals surface area contributed by atoms with Crippen molar-refractivity contribution in [2.45, 2.75) is 39.4 Å². The van der Waals surface area contributed by atoms with Crippen LogP contribution in [0.1, 0.15) is 27.7 Å². The summed E-state index contributed by atoms with van der Waals surface area (Å²) in [5.41, 5.74) is 0.405. The molecule has 4 heteroatoms. The van der Waals surface area contributed by atoms with Gasteiger partial charge in [0.2, 0.25) is 0 Å². The van der Waals surface area contributed by atoms with E-state index in [0.29, 0.717) is 13.1 Å². The van der Waals surface area contributed by atoms with Crippen molar-refractivity contribution in [3.05, 3.63) is 12.2 Å². The van der Waals surface area contributed by atoms with Gasteiger partial charge in [-0.25, -0.2) is 4.79 Å². The summed E-state index contributed by atoms with van der Waals surface area (Å²) in [7, 11) is 0. The fourth-order valence-electron chi connectivity index (χ4n) is 1.75. The predicted molar refractivity (Wildman–Crippen MR) is 62.1 cm³/mol. The van der Waals surface area contributed by atoms with E-state index in [0.717, 1.165) is 5.57 Å². The lowest BCUT2D eigenvalue weighted by Crippen LogP contribution is -2.35. The third kappa shape index (κ3) is 3.23. The molecule has 1 aliphatic heterocycles. The van der Waals surface area contributed by atoms with Gasteiger partial charge >= 0.3 is 6.09 Å². The van der Waals surface area contributed by atoms with E-state index < -0.39 is 11.7 Å². The number of nitrogens with zero attached hydrogens (tertiary/aromatic N) is 1. The van der Waals surface area contributed by atoms with Crippen molar-refractivity contribution in [1.29, 1.82) is 0 Å². The largest absolute Gasteiger partial charge is 0.444 e. The average Bonchev–Trinajstić information content (AvgIpc) is 2.44. The van der Waals surface area contributed by atoms with Gasteiger partial charge < -0.3 is 14.7 Å². The molecule has 92 valence electrons. The molecule has 0 aliphatic carbocycles. The first-order valence-electron chi connectivity index (χ1n) is 5.52. The minimum atomic E-state index is -0.523. The van der Waals surface area contributed by atoms with Gasteiger partial charge in [0.25, 0.3) is 0 Å². The maximum Gasteiger partial charge on any atom is 0.410 e. The van der Waals surface area contributed by atoms with Crippen LogP contribution in [0.15, 0.2) is 12.2 Å². The van der Waals surface area contributed by atoms with Crippen LogP contribution in [0.2, 0.25) is 0 Å². The van der Waals surface area contributed by atoms with Gasteiger partial charge in [-0.2, -0.15) is 0 Å². The fourth-order valence-corrected chi connectivity index (χ4v) is 1.75. The fraction of sp³-hybridized carbons (Fsp3) is 0.750. The summed E-state index contributed by atoms with van der Waals surface area (Å²) in [5, 5.41) is 9.77. The minimum Gasteiger partial charge on any atom is -0.444 e. The van der Waals surface area contributed by atoms with Crippen LogP contribution in [-0.4, -0.2) is 40.9 Å². The number of carbonyl (C=O) groups is 1. The number of aliphatic hydroxyl groups excluding tert-OH is 1. The van der Waals surface area contributed by atoms with Crippen LogP contribution in [0, 0.1) is 5.92 Å². The zero-order valence-electron chi connectivity index (χ0n) is 10.5. The first kappa shape index (κ1) is 13.0. The van der Waals surface area contributed by atoms with Crippen LogP contribution in [0.4, 0.5) is 4.79 Å². The van der Waals surface area contributed by atoms with Gasteiger partial charge in [0, 0.05) is 12.5 Å². The number of rotatable bonds is 1. The highest BCUT2D eigenvalue weighted by molar-refractivity contribution is 5.68. The molecule has 0 unspecified atom stereocenters. The molecular weight excluding hydrogens is 206 g/mol. The zero-order chi connectivity index (χ0) is 12.5. The Balaban J connectivity index is 2.58. The Morgan fingerprint density at radius 1 is 1.44 bits per heavy atom. The van der Waals surface area contributed by atoms with Gasteiger partial charge in [-0.1, -0.05) is 12.2 Å². The van der Waals surface area contributed by atoms with E-state index in [9.17, 15) is 9.90 Å². The maximum absolute atomic E-state index is 11.7. The zero-order valence-corrected chi connectivity index (χ0v) is 10.5. The van der Waals surface area contributed by atoms with Crippen molar-refractivity contribution in [2.24, 2.45) is 5.92 Å². The highest BCUT2D eigenvalue weighted by atomic mass is 16.6. The molecule has 0 aromatic carbocycles. The quantitative estimate of drug-likeness (QED) is 0.695. The first-order chi connectivity index (χ1) is 7.20. The second-order valence-electron chi connectivity index (χ2n) is 5.41. The number of carbonyl (C=O) groups excluding carboxylic acids is 1. The van der Waals surface area contributed by atoms with Gasteiger partial charge in [-0.15, -0.1) is 0 Å². The van der Waals surface area contributed by atoms with E-state index in [2.05, 4.69) is 6.58 Å². The van der Waals surface area contributed by atoms with Crippen molar-refractivity contribution in [1.82, 2.24) is 4.90 Å². The van der Waals surface area contributed by atoms with Crippen molar-refractivity contribution >= 4 is 6.09 Å². The molecule has 0 aromatic rings. The number of likely N-dealkylation sites (tertiary alicyclic amines) is 1. The standard InChI is InChI=1S/C12H21NO3/c1-8(2)9-6-13(7-10(9)14)11(15)16-12(3,4)5/h9-10,14H,1,6-7H2,2-5H3/t9-,10+/m0/s1. The predicted octanol–water partition coefficient (Wildman–Crippen LogP) is 1.79. The summed E-state index contributed by atoms with van der Waals surface area (Å²) in [5.74, 6) is -0.0347. The molecule has 1 heterocycles. The van der Waals surface area contributed by atoms with Crippen LogP contribution in [0.25, 0.3) is 0 Å². The van der Waals surface area contributed by atoms with Crippen molar-refractivity contribution in [2.75, 3.05) is 13.1 Å². The smallest absolute Gasteiger partial charge is 0.410 e. The summed E-state index contributed by atoms with van der Waals surface area (Å²) in [4.78, 5) is 13.3. The number of β-amino-alcohol motifs (C(OH)–C–C–N with tert-alkyl or cyclic N) is 1. The van der Waals surface area contributed by atoms with Gasteiger partial charge in [0.1, 0.15) is 5.60 Å². The number of hydrogen-bond donors (Lipinski definition) is 1. The Bertz CT molecular complexity index is 293. The summed E-state index contributed by atoms with van der Waals surface area (Å²) in [6.45, 7) is 12.0. The van der Waals surface area contributed by atoms with Crippen molar-refractivity contribution in [3.8, 4) is 0 Å². The average molecular weight is 227 g/mol. The molecular formula is C12H21NO3. The molecule has 0 bridgehead atoms. The van der Waals surface area contributed by atoms with Crippen LogP contribution in [0.5, 0.6) is 0 Å². The van der Waals surface area contributed by atoms with Crippen molar-refractivity contribution < 1.29 is 14.6 Å². The molecule has 0 aromatic heterocycles. The molecule has 2 atom stereocenters. The lowest BCUT2D eigenvalue weighted by Gasteiger charge is -2.24. The van der Waals surface area contributed by atoms with Gasteiger partial charge in [-0.05, 0) is 27.7 Å². The van der Waals surface area contributed by atoms with E-state index in [1.165, 1.54) is 4.90 Å². The third-order valence-electron chi connectivity index (χ3n) is 2.57. The van der Waals surface area contributed by atoms with Gasteiger partial charge in [-0.3, -0.25) is 0 Å². The van der Waals surface area contributed by atoms with Crippen molar-refractivity contribution in [3.63, 3.8) is 0 Å². The third-order valence-corrected chi connectivity index (χ3v) is 2.57. The maximum atomic E-state index is 11.7. The van der Waals surface area contributed by atoms with E-state index in [1.807, 2.05) is 27.7 Å². The Morgan fingerprint density at radius 3 is 2.38 bits per heavy atom. The van der Waals surface area contributed by atoms with E-state index in [1.54, 1.807) is 0 Å². The summed E-state index contributed by atoms with van der Waals surface area (Å²) in [6, 6.07) is 0. The lowest BCUT2D eigenvalue weighted by molar-refractivity contribution is 0.0270. The molecule has 1 aliphatic rings. The number of ether oxygens (including phenoxy) is 1. The number of hydrogen-bond acceptors (Lipinski definition) is 3. The van der Waals surface area contributed by atoms with Gasteiger partial charge in [0.15, 0.2) is 0 Å². The van der Waals surface area contributed by atoms with Crippen LogP contribution < -0.4 is 0 Å². The Morgan fingerprint density at radius 2 is 2.00 bits per heavy atom. The second kappa shape index (κ2) is 4.45. The first-order valence-corrected chi connectivity index (χ1v) is 5.52. The minimum absolute atomic E-state index is 0.0347. The normalized spacial score (nSPS) is 25.7. The summed E-state index contributed by atoms with van der Waals surface area (Å²) < 4.78 is 5.24. The molecule has 1 amide bonds. The topological polar surface area (TPSA) is 49.8 Å². The van der Waals surface area contributed by atoms with E-state index in [4.69, 9.17) is 4.74 Å². The van der Waals surface area contributed by atoms with Crippen LogP contribution in [0.3, 0.4) is 0 Å². The Labute approximate surface area is 96.9 Å². The van der Waals surface area contributed by atoms with Crippen LogP contribution in [-0.2, 0) is 4.74 Å². The molecule has 1 N–H and O–H groups in total. The van der Waals surface area contributed by atoms with Gasteiger partial charge in [0.05, 0.1) is 12.6 Å². The lowest BCUT2D eigenvalue weighted by atomic mass is 9.99. The Kier molecular flexibility index (Phi) is 3.63. The Hall–Kier alpha value is -1.03. The molecule has 0 spiro atoms. The number of amides is 1. The molecule has 0 radical (unpaired) electrons. The van der Waals surface area contributed by atoms with Crippen LogP contribution >= 0.6 is 0 Å². The second-order valence-corrected chi connectivity index (χ2v) is 5.41. The summed E-state index contributed by atoms with van der Waals surface area (Å²) in [6.07, 6.45) is -0.889. The number of aliphatic hydroxyl groups is 1. The van der Waals surface area contributed by atoms with E-state index in [-0.39, 0.29) is 12.0 Å². The SMILES string of the molecule is C=C(C)[C@@H]1CN(C(=O)OC(C)(C)C)C[C@H]1O. The molecule has 1 saturated heterocycles. The van der Waals surface area contributed by atoms with E-state index >= 15 is 0 Å². The highest BCUT2D eigenvalue weighted by Crippen LogP contribution is 2.24. The molecule has 1 fully saturated rings. The molecule has 0 saturated carbocycles. The molecule has 4 nitrogen and oxygen atoms in total. The highest BCUT2D eigenvalue weighted by Gasteiger charge is 2.36. The monoisotopic (exact) mass is 227 g/mol.